The molecule has 1 atom stereocenters. The van der Waals surface area contributed by atoms with Gasteiger partial charge in [0.25, 0.3) is 0 Å². The van der Waals surface area contributed by atoms with Gasteiger partial charge >= 0.3 is 5.97 Å². The lowest BCUT2D eigenvalue weighted by atomic mass is 10.0. The van der Waals surface area contributed by atoms with E-state index in [2.05, 4.69) is 22.2 Å². The summed E-state index contributed by atoms with van der Waals surface area (Å²) < 4.78 is 5.25. The molecule has 0 saturated carbocycles. The number of esters is 1. The van der Waals surface area contributed by atoms with Crippen LogP contribution in [0, 0.1) is 5.92 Å². The first-order valence-corrected chi connectivity index (χ1v) is 11.5. The van der Waals surface area contributed by atoms with Crippen LogP contribution in [0.3, 0.4) is 0 Å². The minimum Gasteiger partial charge on any atom is -0.466 e. The van der Waals surface area contributed by atoms with Crippen LogP contribution in [0.1, 0.15) is 40.4 Å². The van der Waals surface area contributed by atoms with Crippen LogP contribution < -0.4 is 0 Å². The Bertz CT molecular complexity index is 1050. The maximum absolute atomic E-state index is 12.7. The molecule has 4 rings (SSSR count). The summed E-state index contributed by atoms with van der Waals surface area (Å²) in [6.45, 7) is 5.19. The van der Waals surface area contributed by atoms with Gasteiger partial charge in [-0.25, -0.2) is 10.0 Å². The predicted octanol–water partition coefficient (Wildman–Crippen LogP) is 4.72. The molecule has 1 aliphatic rings. The van der Waals surface area contributed by atoms with Crippen molar-refractivity contribution >= 4 is 11.8 Å². The van der Waals surface area contributed by atoms with Crippen molar-refractivity contribution in [3.8, 4) is 0 Å². The first-order chi connectivity index (χ1) is 16.1. The van der Waals surface area contributed by atoms with E-state index in [1.165, 1.54) is 5.56 Å². The fourth-order valence-electron chi connectivity index (χ4n) is 4.23. The second-order valence-electron chi connectivity index (χ2n) is 8.35. The Morgan fingerprint density at radius 1 is 0.848 bits per heavy atom. The van der Waals surface area contributed by atoms with Crippen LogP contribution in [0.5, 0.6) is 0 Å². The summed E-state index contributed by atoms with van der Waals surface area (Å²) in [6, 6.07) is 27.5. The average Bonchev–Trinajstić information content (AvgIpc) is 3.36. The monoisotopic (exact) mass is 442 g/mol. The van der Waals surface area contributed by atoms with E-state index in [0.717, 1.165) is 25.1 Å². The number of rotatable bonds is 9. The molecule has 0 aliphatic carbocycles. The first-order valence-electron chi connectivity index (χ1n) is 11.5. The number of ketones is 1. The number of hydrogen-bond donors (Lipinski definition) is 0. The molecule has 170 valence electrons. The highest BCUT2D eigenvalue weighted by molar-refractivity contribution is 6.08. The molecular formula is C28H30N2O3. The normalized spacial score (nSPS) is 16.1. The van der Waals surface area contributed by atoms with Gasteiger partial charge < -0.3 is 4.74 Å². The molecule has 5 heteroatoms. The average molecular weight is 443 g/mol. The standard InChI is InChI=1S/C28H30N2O3/c1-2-33-28(32)26-17-18-29(21-26)30(19-22-9-5-3-6-10-22)20-23-13-15-25(16-14-23)27(31)24-11-7-4-8-12-24/h3-16,26H,2,17-21H2,1H3/t26-/m1/s1. The lowest BCUT2D eigenvalue weighted by molar-refractivity contribution is -0.148. The Labute approximate surface area is 195 Å². The molecule has 0 radical (unpaired) electrons. The number of hydrazine groups is 1. The smallest absolute Gasteiger partial charge is 0.310 e. The van der Waals surface area contributed by atoms with E-state index < -0.39 is 0 Å². The first kappa shape index (κ1) is 22.9. The molecule has 1 saturated heterocycles. The third-order valence-corrected chi connectivity index (χ3v) is 6.01. The molecule has 1 fully saturated rings. The van der Waals surface area contributed by atoms with Crippen molar-refractivity contribution in [3.05, 3.63) is 107 Å². The van der Waals surface area contributed by atoms with Crippen molar-refractivity contribution in [2.45, 2.75) is 26.4 Å². The van der Waals surface area contributed by atoms with E-state index in [1.54, 1.807) is 0 Å². The van der Waals surface area contributed by atoms with Crippen LogP contribution in [0.4, 0.5) is 0 Å². The van der Waals surface area contributed by atoms with E-state index in [0.29, 0.717) is 30.8 Å². The number of carbonyl (C=O) groups excluding carboxylic acids is 2. The van der Waals surface area contributed by atoms with E-state index in [-0.39, 0.29) is 17.7 Å². The van der Waals surface area contributed by atoms with Gasteiger partial charge in [0.05, 0.1) is 12.5 Å². The summed E-state index contributed by atoms with van der Waals surface area (Å²) in [7, 11) is 0. The third-order valence-electron chi connectivity index (χ3n) is 6.01. The third kappa shape index (κ3) is 5.95. The van der Waals surface area contributed by atoms with Crippen molar-refractivity contribution in [1.82, 2.24) is 10.0 Å². The minimum absolute atomic E-state index is 0.0279. The maximum atomic E-state index is 12.7. The number of nitrogens with zero attached hydrogens (tertiary/aromatic N) is 2. The topological polar surface area (TPSA) is 49.9 Å². The summed E-state index contributed by atoms with van der Waals surface area (Å²) in [5.74, 6) is -0.169. The summed E-state index contributed by atoms with van der Waals surface area (Å²) in [5, 5.41) is 4.56. The number of hydrogen-bond acceptors (Lipinski definition) is 5. The lowest BCUT2D eigenvalue weighted by Crippen LogP contribution is -2.40. The Morgan fingerprint density at radius 3 is 2.06 bits per heavy atom. The van der Waals surface area contributed by atoms with Gasteiger partial charge in [-0.1, -0.05) is 84.9 Å². The largest absolute Gasteiger partial charge is 0.466 e. The van der Waals surface area contributed by atoms with Crippen LogP contribution in [0.25, 0.3) is 0 Å². The van der Waals surface area contributed by atoms with Crippen molar-refractivity contribution in [1.29, 1.82) is 0 Å². The molecular weight excluding hydrogens is 412 g/mol. The van der Waals surface area contributed by atoms with Gasteiger partial charge in [0.15, 0.2) is 5.78 Å². The molecule has 0 amide bonds. The summed E-state index contributed by atoms with van der Waals surface area (Å²) in [5.41, 5.74) is 3.71. The van der Waals surface area contributed by atoms with Gasteiger partial charge in [0, 0.05) is 37.3 Å². The fraction of sp³-hybridized carbons (Fsp3) is 0.286. The molecule has 1 heterocycles. The van der Waals surface area contributed by atoms with E-state index in [4.69, 9.17) is 4.74 Å². The second kappa shape index (κ2) is 11.0. The Kier molecular flexibility index (Phi) is 7.66. The highest BCUT2D eigenvalue weighted by Crippen LogP contribution is 2.23. The van der Waals surface area contributed by atoms with Crippen LogP contribution in [-0.2, 0) is 22.6 Å². The quantitative estimate of drug-likeness (QED) is 0.355. The molecule has 0 unspecified atom stereocenters. The zero-order valence-corrected chi connectivity index (χ0v) is 19.0. The SMILES string of the molecule is CCOC(=O)[C@@H]1CCN(N(Cc2ccccc2)Cc2ccc(C(=O)c3ccccc3)cc2)C1. The van der Waals surface area contributed by atoms with E-state index >= 15 is 0 Å². The van der Waals surface area contributed by atoms with Gasteiger partial charge in [-0.3, -0.25) is 9.59 Å². The molecule has 0 aromatic heterocycles. The Hall–Kier alpha value is -3.28. The van der Waals surface area contributed by atoms with Crippen molar-refractivity contribution in [3.63, 3.8) is 0 Å². The number of carbonyl (C=O) groups is 2. The molecule has 0 spiro atoms. The number of benzene rings is 3. The van der Waals surface area contributed by atoms with Crippen LogP contribution in [-0.4, -0.2) is 41.5 Å². The van der Waals surface area contributed by atoms with Gasteiger partial charge in [-0.15, -0.1) is 0 Å². The second-order valence-corrected chi connectivity index (χ2v) is 8.35. The van der Waals surface area contributed by atoms with Crippen molar-refractivity contribution < 1.29 is 14.3 Å². The van der Waals surface area contributed by atoms with Crippen LogP contribution >= 0.6 is 0 Å². The van der Waals surface area contributed by atoms with Gasteiger partial charge in [-0.2, -0.15) is 0 Å². The summed E-state index contributed by atoms with van der Waals surface area (Å²) in [4.78, 5) is 25.0. The highest BCUT2D eigenvalue weighted by Gasteiger charge is 2.32. The van der Waals surface area contributed by atoms with Crippen LogP contribution in [0.15, 0.2) is 84.9 Å². The molecule has 3 aromatic rings. The molecule has 0 N–H and O–H groups in total. The molecule has 5 nitrogen and oxygen atoms in total. The zero-order valence-electron chi connectivity index (χ0n) is 19.0. The summed E-state index contributed by atoms with van der Waals surface area (Å²) >= 11 is 0. The van der Waals surface area contributed by atoms with E-state index in [1.807, 2.05) is 79.7 Å². The van der Waals surface area contributed by atoms with Crippen LogP contribution in [0.2, 0.25) is 0 Å². The molecule has 0 bridgehead atoms. The van der Waals surface area contributed by atoms with Crippen molar-refractivity contribution in [2.75, 3.05) is 19.7 Å². The van der Waals surface area contributed by atoms with Gasteiger partial charge in [-0.05, 0) is 24.5 Å². The Morgan fingerprint density at radius 2 is 1.42 bits per heavy atom. The van der Waals surface area contributed by atoms with E-state index in [9.17, 15) is 9.59 Å². The zero-order chi connectivity index (χ0) is 23.0. The summed E-state index contributed by atoms with van der Waals surface area (Å²) in [6.07, 6.45) is 0.800. The Balaban J connectivity index is 1.48. The van der Waals surface area contributed by atoms with Gasteiger partial charge in [0.2, 0.25) is 0 Å². The maximum Gasteiger partial charge on any atom is 0.310 e. The lowest BCUT2D eigenvalue weighted by Gasteiger charge is -2.32. The highest BCUT2D eigenvalue weighted by atomic mass is 16.5. The van der Waals surface area contributed by atoms with Crippen molar-refractivity contribution in [2.24, 2.45) is 5.92 Å². The molecule has 3 aromatic carbocycles. The molecule has 33 heavy (non-hydrogen) atoms. The predicted molar refractivity (Wildman–Crippen MR) is 128 cm³/mol. The molecule has 1 aliphatic heterocycles. The number of ether oxygens (including phenoxy) is 1. The fourth-order valence-corrected chi connectivity index (χ4v) is 4.23. The minimum atomic E-state index is -0.108. The van der Waals surface area contributed by atoms with Gasteiger partial charge in [0.1, 0.15) is 0 Å².